The van der Waals surface area contributed by atoms with Gasteiger partial charge in [-0.2, -0.15) is 0 Å². The molecule has 94 valence electrons. The Morgan fingerprint density at radius 3 is 2.83 bits per heavy atom. The van der Waals surface area contributed by atoms with Crippen molar-refractivity contribution in [3.8, 4) is 0 Å². The van der Waals surface area contributed by atoms with Crippen LogP contribution in [0.3, 0.4) is 0 Å². The minimum absolute atomic E-state index is 0.0556. The molecule has 1 aromatic carbocycles. The molecule has 0 aliphatic rings. The van der Waals surface area contributed by atoms with Gasteiger partial charge in [-0.15, -0.1) is 0 Å². The van der Waals surface area contributed by atoms with Crippen LogP contribution in [0.4, 0.5) is 0 Å². The van der Waals surface area contributed by atoms with Gasteiger partial charge < -0.3 is 9.88 Å². The Balaban J connectivity index is 1.79. The van der Waals surface area contributed by atoms with Crippen LogP contribution < -0.4 is 5.32 Å². The summed E-state index contributed by atoms with van der Waals surface area (Å²) < 4.78 is 1.93. The summed E-state index contributed by atoms with van der Waals surface area (Å²) in [6.07, 6.45) is 5.78. The second kappa shape index (κ2) is 6.00. The summed E-state index contributed by atoms with van der Waals surface area (Å²) in [6, 6.07) is 10.0. The lowest BCUT2D eigenvalue weighted by molar-refractivity contribution is -0.121. The molecule has 1 amide bonds. The number of carbonyl (C=O) groups is 1. The maximum Gasteiger partial charge on any atom is 0.222 e. The molecule has 1 aromatic heterocycles. The fourth-order valence-electron chi connectivity index (χ4n) is 1.77. The van der Waals surface area contributed by atoms with Crippen molar-refractivity contribution in [1.29, 1.82) is 0 Å². The largest absolute Gasteiger partial charge is 0.352 e. The van der Waals surface area contributed by atoms with Crippen LogP contribution in [0, 0.1) is 0 Å². The van der Waals surface area contributed by atoms with Crippen LogP contribution >= 0.6 is 0 Å². The van der Waals surface area contributed by atoms with Gasteiger partial charge in [0, 0.05) is 31.4 Å². The summed E-state index contributed by atoms with van der Waals surface area (Å²) in [4.78, 5) is 15.8. The summed E-state index contributed by atoms with van der Waals surface area (Å²) in [5.74, 6) is 0.0556. The fourth-order valence-corrected chi connectivity index (χ4v) is 1.77. The lowest BCUT2D eigenvalue weighted by Gasteiger charge is -2.12. The first-order valence-electron chi connectivity index (χ1n) is 6.04. The Bertz CT molecular complexity index is 479. The second-order valence-corrected chi connectivity index (χ2v) is 4.33. The van der Waals surface area contributed by atoms with Crippen molar-refractivity contribution in [2.45, 2.75) is 25.9 Å². The van der Waals surface area contributed by atoms with Crippen LogP contribution in [-0.4, -0.2) is 15.5 Å². The Kier molecular flexibility index (Phi) is 4.12. The van der Waals surface area contributed by atoms with Crippen molar-refractivity contribution in [2.75, 3.05) is 0 Å². The molecule has 2 rings (SSSR count). The minimum atomic E-state index is 0.0556. The quantitative estimate of drug-likeness (QED) is 0.874. The number of carbonyl (C=O) groups excluding carboxylic acids is 1. The number of hydrogen-bond donors (Lipinski definition) is 1. The third-order valence-corrected chi connectivity index (χ3v) is 2.85. The number of imidazole rings is 1. The third kappa shape index (κ3) is 3.45. The van der Waals surface area contributed by atoms with Crippen LogP contribution in [0.15, 0.2) is 49.1 Å². The number of benzene rings is 1. The van der Waals surface area contributed by atoms with Crippen LogP contribution in [0.1, 0.15) is 24.9 Å². The SMILES string of the molecule is C[C@H](CC(=O)NCc1ccccc1)n1ccnc1. The van der Waals surface area contributed by atoms with E-state index in [0.29, 0.717) is 13.0 Å². The molecule has 0 aliphatic heterocycles. The lowest BCUT2D eigenvalue weighted by Crippen LogP contribution is -2.25. The number of aromatic nitrogens is 2. The highest BCUT2D eigenvalue weighted by Gasteiger charge is 2.09. The van der Waals surface area contributed by atoms with Gasteiger partial charge >= 0.3 is 0 Å². The summed E-state index contributed by atoms with van der Waals surface area (Å²) in [5, 5.41) is 2.92. The van der Waals surface area contributed by atoms with E-state index >= 15 is 0 Å². The zero-order chi connectivity index (χ0) is 12.8. The molecule has 0 radical (unpaired) electrons. The van der Waals surface area contributed by atoms with Crippen molar-refractivity contribution < 1.29 is 4.79 Å². The Labute approximate surface area is 107 Å². The third-order valence-electron chi connectivity index (χ3n) is 2.85. The molecule has 0 unspecified atom stereocenters. The number of rotatable bonds is 5. The van der Waals surface area contributed by atoms with Crippen LogP contribution in [0.5, 0.6) is 0 Å². The lowest BCUT2D eigenvalue weighted by atomic mass is 10.2. The fraction of sp³-hybridized carbons (Fsp3) is 0.286. The van der Waals surface area contributed by atoms with E-state index in [4.69, 9.17) is 0 Å². The molecule has 0 aliphatic carbocycles. The number of nitrogens with zero attached hydrogens (tertiary/aromatic N) is 2. The van der Waals surface area contributed by atoms with Gasteiger partial charge in [-0.3, -0.25) is 4.79 Å². The maximum absolute atomic E-state index is 11.8. The predicted octanol–water partition coefficient (Wildman–Crippen LogP) is 2.15. The highest BCUT2D eigenvalue weighted by Crippen LogP contribution is 2.09. The molecule has 0 fully saturated rings. The predicted molar refractivity (Wildman–Crippen MR) is 69.8 cm³/mol. The maximum atomic E-state index is 11.8. The summed E-state index contributed by atoms with van der Waals surface area (Å²) in [7, 11) is 0. The van der Waals surface area contributed by atoms with E-state index in [1.807, 2.05) is 48.0 Å². The molecule has 1 atom stereocenters. The van der Waals surface area contributed by atoms with E-state index in [-0.39, 0.29) is 11.9 Å². The highest BCUT2D eigenvalue weighted by atomic mass is 16.1. The summed E-state index contributed by atoms with van der Waals surface area (Å²) >= 11 is 0. The average Bonchev–Trinajstić information content (AvgIpc) is 2.91. The average molecular weight is 243 g/mol. The Morgan fingerprint density at radius 1 is 1.39 bits per heavy atom. The first-order valence-corrected chi connectivity index (χ1v) is 6.04. The monoisotopic (exact) mass is 243 g/mol. The number of hydrogen-bond acceptors (Lipinski definition) is 2. The van der Waals surface area contributed by atoms with Crippen molar-refractivity contribution in [3.05, 3.63) is 54.6 Å². The van der Waals surface area contributed by atoms with E-state index in [2.05, 4.69) is 10.3 Å². The van der Waals surface area contributed by atoms with Crippen LogP contribution in [0.25, 0.3) is 0 Å². The Morgan fingerprint density at radius 2 is 2.17 bits per heavy atom. The van der Waals surface area contributed by atoms with Crippen molar-refractivity contribution in [1.82, 2.24) is 14.9 Å². The van der Waals surface area contributed by atoms with Gasteiger partial charge in [-0.1, -0.05) is 30.3 Å². The van der Waals surface area contributed by atoms with Gasteiger partial charge in [0.05, 0.1) is 6.33 Å². The number of amides is 1. The molecule has 0 saturated carbocycles. The molecule has 1 heterocycles. The van der Waals surface area contributed by atoms with Crippen LogP contribution in [-0.2, 0) is 11.3 Å². The number of nitrogens with one attached hydrogen (secondary N) is 1. The minimum Gasteiger partial charge on any atom is -0.352 e. The first kappa shape index (κ1) is 12.4. The zero-order valence-corrected chi connectivity index (χ0v) is 10.4. The molecule has 4 nitrogen and oxygen atoms in total. The molecular formula is C14H17N3O. The normalized spacial score (nSPS) is 12.1. The van der Waals surface area contributed by atoms with E-state index in [9.17, 15) is 4.79 Å². The van der Waals surface area contributed by atoms with E-state index in [1.54, 1.807) is 12.5 Å². The molecular weight excluding hydrogens is 226 g/mol. The zero-order valence-electron chi connectivity index (χ0n) is 10.4. The smallest absolute Gasteiger partial charge is 0.222 e. The van der Waals surface area contributed by atoms with Gasteiger partial charge in [0.25, 0.3) is 0 Å². The van der Waals surface area contributed by atoms with Gasteiger partial charge in [0.15, 0.2) is 0 Å². The standard InChI is InChI=1S/C14H17N3O/c1-12(17-8-7-15-11-17)9-14(18)16-10-13-5-3-2-4-6-13/h2-8,11-12H,9-10H2,1H3,(H,16,18)/t12-/m1/s1. The topological polar surface area (TPSA) is 46.9 Å². The van der Waals surface area contributed by atoms with Crippen molar-refractivity contribution >= 4 is 5.91 Å². The molecule has 0 spiro atoms. The summed E-state index contributed by atoms with van der Waals surface area (Å²) in [5.41, 5.74) is 1.11. The van der Waals surface area contributed by atoms with E-state index in [1.165, 1.54) is 0 Å². The van der Waals surface area contributed by atoms with Gasteiger partial charge in [0.1, 0.15) is 0 Å². The van der Waals surface area contributed by atoms with Crippen molar-refractivity contribution in [2.24, 2.45) is 0 Å². The molecule has 2 aromatic rings. The molecule has 0 saturated heterocycles. The van der Waals surface area contributed by atoms with E-state index < -0.39 is 0 Å². The molecule has 1 N–H and O–H groups in total. The second-order valence-electron chi connectivity index (χ2n) is 4.33. The highest BCUT2D eigenvalue weighted by molar-refractivity contribution is 5.76. The van der Waals surface area contributed by atoms with E-state index in [0.717, 1.165) is 5.56 Å². The van der Waals surface area contributed by atoms with Gasteiger partial charge in [-0.05, 0) is 12.5 Å². The van der Waals surface area contributed by atoms with Gasteiger partial charge in [-0.25, -0.2) is 4.98 Å². The molecule has 0 bridgehead atoms. The Hall–Kier alpha value is -2.10. The molecule has 18 heavy (non-hydrogen) atoms. The first-order chi connectivity index (χ1) is 8.75. The van der Waals surface area contributed by atoms with Crippen molar-refractivity contribution in [3.63, 3.8) is 0 Å². The van der Waals surface area contributed by atoms with Crippen LogP contribution in [0.2, 0.25) is 0 Å². The van der Waals surface area contributed by atoms with Gasteiger partial charge in [0.2, 0.25) is 5.91 Å². The molecule has 4 heteroatoms. The summed E-state index contributed by atoms with van der Waals surface area (Å²) in [6.45, 7) is 2.58.